The molecule has 1 aliphatic heterocycles. The van der Waals surface area contributed by atoms with Gasteiger partial charge < -0.3 is 5.32 Å². The molecule has 20 heavy (non-hydrogen) atoms. The second kappa shape index (κ2) is 5.52. The van der Waals surface area contributed by atoms with Gasteiger partial charge in [-0.15, -0.1) is 5.10 Å². The predicted octanol–water partition coefficient (Wildman–Crippen LogP) is 2.15. The fourth-order valence-corrected chi connectivity index (χ4v) is 2.53. The van der Waals surface area contributed by atoms with Gasteiger partial charge in [-0.1, -0.05) is 34.5 Å². The Hall–Kier alpha value is -1.43. The Kier molecular flexibility index (Phi) is 3.74. The van der Waals surface area contributed by atoms with E-state index in [9.17, 15) is 4.79 Å². The van der Waals surface area contributed by atoms with Gasteiger partial charge in [0.25, 0.3) is 0 Å². The van der Waals surface area contributed by atoms with Crippen LogP contribution in [0.4, 0.5) is 0 Å². The maximum Gasteiger partial charge on any atom is 0.189 e. The lowest BCUT2D eigenvalue weighted by Crippen LogP contribution is -2.43. The number of hydrogen-bond acceptors (Lipinski definition) is 4. The minimum Gasteiger partial charge on any atom is -0.312 e. The van der Waals surface area contributed by atoms with Crippen molar-refractivity contribution in [3.05, 3.63) is 45.7 Å². The molecule has 1 aliphatic rings. The molecule has 104 valence electrons. The third-order valence-electron chi connectivity index (χ3n) is 3.33. The van der Waals surface area contributed by atoms with Crippen molar-refractivity contribution in [2.24, 2.45) is 0 Å². The Morgan fingerprint density at radius 3 is 2.65 bits per heavy atom. The highest BCUT2D eigenvalue weighted by Gasteiger charge is 2.22. The molecule has 1 aromatic heterocycles. The second-order valence-corrected chi connectivity index (χ2v) is 5.51. The summed E-state index contributed by atoms with van der Waals surface area (Å²) in [5, 5.41) is 12.0. The van der Waals surface area contributed by atoms with Crippen LogP contribution in [0.5, 0.6) is 0 Å². The molecule has 0 bridgehead atoms. The molecule has 2 heterocycles. The smallest absolute Gasteiger partial charge is 0.189 e. The molecule has 1 saturated heterocycles. The summed E-state index contributed by atoms with van der Waals surface area (Å²) < 4.78 is 1.72. The number of nitrogens with one attached hydrogen (secondary N) is 1. The Labute approximate surface area is 125 Å². The van der Waals surface area contributed by atoms with E-state index in [2.05, 4.69) is 15.6 Å². The van der Waals surface area contributed by atoms with Crippen molar-refractivity contribution in [1.29, 1.82) is 0 Å². The first-order valence-electron chi connectivity index (χ1n) is 6.24. The van der Waals surface area contributed by atoms with Crippen molar-refractivity contribution in [2.75, 3.05) is 13.1 Å². The van der Waals surface area contributed by atoms with Crippen molar-refractivity contribution in [2.45, 2.75) is 12.5 Å². The lowest BCUT2D eigenvalue weighted by molar-refractivity contribution is 0.0988. The Bertz CT molecular complexity index is 631. The minimum atomic E-state index is -0.140. The standard InChI is InChI=1S/C13H12Cl2N4O/c14-10-2-1-3-11(15)9(10)4-13(20)12-7-19(18-17-12)8-5-16-6-8/h1-3,7-8,16H,4-6H2. The number of ketones is 1. The molecule has 1 N–H and O–H groups in total. The van der Waals surface area contributed by atoms with E-state index < -0.39 is 0 Å². The molecule has 2 aromatic rings. The molecule has 5 nitrogen and oxygen atoms in total. The number of Topliss-reactive ketones (excluding diaryl/α,β-unsaturated/α-hetero) is 1. The number of aromatic nitrogens is 3. The lowest BCUT2D eigenvalue weighted by Gasteiger charge is -2.26. The van der Waals surface area contributed by atoms with Crippen molar-refractivity contribution >= 4 is 29.0 Å². The van der Waals surface area contributed by atoms with Crippen molar-refractivity contribution in [3.8, 4) is 0 Å². The van der Waals surface area contributed by atoms with Gasteiger partial charge in [0.05, 0.1) is 12.2 Å². The number of rotatable bonds is 4. The summed E-state index contributed by atoms with van der Waals surface area (Å²) in [6.45, 7) is 1.71. The average Bonchev–Trinajstić information content (AvgIpc) is 2.81. The first-order chi connectivity index (χ1) is 9.65. The van der Waals surface area contributed by atoms with E-state index in [0.717, 1.165) is 13.1 Å². The highest BCUT2D eigenvalue weighted by molar-refractivity contribution is 6.36. The van der Waals surface area contributed by atoms with Crippen LogP contribution in [-0.4, -0.2) is 33.9 Å². The molecule has 0 amide bonds. The lowest BCUT2D eigenvalue weighted by atomic mass is 10.1. The van der Waals surface area contributed by atoms with E-state index in [0.29, 0.717) is 21.3 Å². The van der Waals surface area contributed by atoms with Gasteiger partial charge in [-0.2, -0.15) is 0 Å². The molecule has 0 aliphatic carbocycles. The van der Waals surface area contributed by atoms with Gasteiger partial charge in [-0.3, -0.25) is 4.79 Å². The van der Waals surface area contributed by atoms with E-state index in [1.54, 1.807) is 29.1 Å². The topological polar surface area (TPSA) is 59.8 Å². The number of hydrogen-bond donors (Lipinski definition) is 1. The van der Waals surface area contributed by atoms with E-state index in [1.807, 2.05) is 0 Å². The largest absolute Gasteiger partial charge is 0.312 e. The maximum absolute atomic E-state index is 12.2. The van der Waals surface area contributed by atoms with Crippen LogP contribution in [0.25, 0.3) is 0 Å². The molecule has 3 rings (SSSR count). The third kappa shape index (κ3) is 2.57. The van der Waals surface area contributed by atoms with Gasteiger partial charge in [-0.25, -0.2) is 4.68 Å². The molecule has 7 heteroatoms. The quantitative estimate of drug-likeness (QED) is 0.879. The summed E-state index contributed by atoms with van der Waals surface area (Å²) in [6.07, 6.45) is 1.80. The Morgan fingerprint density at radius 2 is 2.05 bits per heavy atom. The van der Waals surface area contributed by atoms with Crippen LogP contribution in [0.2, 0.25) is 10.0 Å². The highest BCUT2D eigenvalue weighted by atomic mass is 35.5. The fourth-order valence-electron chi connectivity index (χ4n) is 2.00. The Morgan fingerprint density at radius 1 is 1.35 bits per heavy atom. The van der Waals surface area contributed by atoms with Crippen molar-refractivity contribution < 1.29 is 4.79 Å². The molecule has 0 unspecified atom stereocenters. The zero-order valence-corrected chi connectivity index (χ0v) is 12.0. The normalized spacial score (nSPS) is 15.1. The monoisotopic (exact) mass is 310 g/mol. The second-order valence-electron chi connectivity index (χ2n) is 4.70. The van der Waals surface area contributed by atoms with E-state index in [-0.39, 0.29) is 18.2 Å². The molecular weight excluding hydrogens is 299 g/mol. The molecular formula is C13H12Cl2N4O. The van der Waals surface area contributed by atoms with Gasteiger partial charge in [-0.05, 0) is 17.7 Å². The van der Waals surface area contributed by atoms with Crippen LogP contribution in [-0.2, 0) is 6.42 Å². The van der Waals surface area contributed by atoms with Crippen LogP contribution in [0, 0.1) is 0 Å². The number of halogens is 2. The van der Waals surface area contributed by atoms with Gasteiger partial charge >= 0.3 is 0 Å². The number of nitrogens with zero attached hydrogens (tertiary/aromatic N) is 3. The molecule has 1 aromatic carbocycles. The van der Waals surface area contributed by atoms with Gasteiger partial charge in [0.1, 0.15) is 5.69 Å². The molecule has 1 fully saturated rings. The van der Waals surface area contributed by atoms with E-state index in [4.69, 9.17) is 23.2 Å². The van der Waals surface area contributed by atoms with Crippen LogP contribution < -0.4 is 5.32 Å². The zero-order valence-electron chi connectivity index (χ0n) is 10.5. The summed E-state index contributed by atoms with van der Waals surface area (Å²) >= 11 is 12.1. The maximum atomic E-state index is 12.2. The van der Waals surface area contributed by atoms with Crippen LogP contribution >= 0.6 is 23.2 Å². The van der Waals surface area contributed by atoms with Gasteiger partial charge in [0.15, 0.2) is 5.78 Å². The molecule has 0 atom stereocenters. The van der Waals surface area contributed by atoms with Crippen LogP contribution in [0.15, 0.2) is 24.4 Å². The summed E-state index contributed by atoms with van der Waals surface area (Å²) in [7, 11) is 0. The van der Waals surface area contributed by atoms with E-state index in [1.165, 1.54) is 0 Å². The molecule has 0 saturated carbocycles. The minimum absolute atomic E-state index is 0.125. The first kappa shape index (κ1) is 13.5. The first-order valence-corrected chi connectivity index (χ1v) is 6.99. The van der Waals surface area contributed by atoms with Gasteiger partial charge in [0, 0.05) is 29.6 Å². The zero-order chi connectivity index (χ0) is 14.1. The van der Waals surface area contributed by atoms with Crippen LogP contribution in [0.1, 0.15) is 22.1 Å². The van der Waals surface area contributed by atoms with E-state index >= 15 is 0 Å². The third-order valence-corrected chi connectivity index (χ3v) is 4.04. The number of carbonyl (C=O) groups is 1. The van der Waals surface area contributed by atoms with Crippen LogP contribution in [0.3, 0.4) is 0 Å². The SMILES string of the molecule is O=C(Cc1c(Cl)cccc1Cl)c1cn(C2CNC2)nn1. The Balaban J connectivity index is 1.77. The highest BCUT2D eigenvalue weighted by Crippen LogP contribution is 2.25. The molecule has 0 radical (unpaired) electrons. The van der Waals surface area contributed by atoms with Gasteiger partial charge in [0.2, 0.25) is 0 Å². The fraction of sp³-hybridized carbons (Fsp3) is 0.308. The molecule has 0 spiro atoms. The number of carbonyl (C=O) groups excluding carboxylic acids is 1. The van der Waals surface area contributed by atoms with Crippen molar-refractivity contribution in [1.82, 2.24) is 20.3 Å². The van der Waals surface area contributed by atoms with Crippen molar-refractivity contribution in [3.63, 3.8) is 0 Å². The summed E-state index contributed by atoms with van der Waals surface area (Å²) in [4.78, 5) is 12.2. The number of benzene rings is 1. The summed E-state index contributed by atoms with van der Waals surface area (Å²) in [5.74, 6) is -0.140. The summed E-state index contributed by atoms with van der Waals surface area (Å²) in [6, 6.07) is 5.46. The summed E-state index contributed by atoms with van der Waals surface area (Å²) in [5.41, 5.74) is 0.966. The predicted molar refractivity (Wildman–Crippen MR) is 76.4 cm³/mol. The average molecular weight is 311 g/mol.